The highest BCUT2D eigenvalue weighted by Gasteiger charge is 2.22. The molecule has 1 aromatic heterocycles. The van der Waals surface area contributed by atoms with E-state index in [0.717, 1.165) is 10.4 Å². The second kappa shape index (κ2) is 10.4. The number of methoxy groups -OCH3 is 1. The molecule has 0 bridgehead atoms. The molecular weight excluding hydrogens is 416 g/mol. The summed E-state index contributed by atoms with van der Waals surface area (Å²) in [4.78, 5) is 32.4. The van der Waals surface area contributed by atoms with Gasteiger partial charge in [-0.1, -0.05) is 35.5 Å². The number of anilines is 1. The molecule has 0 aliphatic carbocycles. The Hall–Kier alpha value is -3.65. The largest absolute Gasteiger partial charge is 0.497 e. The summed E-state index contributed by atoms with van der Waals surface area (Å²) in [5.41, 5.74) is 1.80. The van der Waals surface area contributed by atoms with Crippen molar-refractivity contribution >= 4 is 34.6 Å². The number of benzene rings is 2. The Morgan fingerprint density at radius 1 is 1.06 bits per heavy atom. The van der Waals surface area contributed by atoms with Gasteiger partial charge in [-0.2, -0.15) is 0 Å². The van der Waals surface area contributed by atoms with Crippen LogP contribution in [0.1, 0.15) is 27.7 Å². The SMILES string of the molecule is COc1ccc(CN(C(=O)CO/N=C(\C)c2cccs2)c2ccccc2C(=O)O)cc1. The molecule has 0 saturated carbocycles. The van der Waals surface area contributed by atoms with Gasteiger partial charge in [0.1, 0.15) is 5.75 Å². The van der Waals surface area contributed by atoms with Gasteiger partial charge < -0.3 is 19.6 Å². The molecule has 1 amide bonds. The molecule has 0 aliphatic heterocycles. The van der Waals surface area contributed by atoms with Crippen molar-refractivity contribution in [2.75, 3.05) is 18.6 Å². The number of hydrogen-bond donors (Lipinski definition) is 1. The number of ether oxygens (including phenoxy) is 1. The van der Waals surface area contributed by atoms with Crippen LogP contribution in [-0.2, 0) is 16.2 Å². The van der Waals surface area contributed by atoms with Crippen LogP contribution in [0.15, 0.2) is 71.2 Å². The lowest BCUT2D eigenvalue weighted by atomic mass is 10.1. The molecule has 1 heterocycles. The van der Waals surface area contributed by atoms with Gasteiger partial charge in [-0.3, -0.25) is 4.79 Å². The van der Waals surface area contributed by atoms with Gasteiger partial charge in [0.15, 0.2) is 6.61 Å². The van der Waals surface area contributed by atoms with Crippen LogP contribution >= 0.6 is 11.3 Å². The van der Waals surface area contributed by atoms with E-state index in [4.69, 9.17) is 9.57 Å². The Labute approximate surface area is 184 Å². The molecule has 0 atom stereocenters. The van der Waals surface area contributed by atoms with Crippen molar-refractivity contribution in [1.82, 2.24) is 0 Å². The zero-order chi connectivity index (χ0) is 22.2. The molecule has 0 saturated heterocycles. The number of amides is 1. The van der Waals surface area contributed by atoms with E-state index in [1.165, 1.54) is 22.3 Å². The van der Waals surface area contributed by atoms with Crippen molar-refractivity contribution in [3.8, 4) is 5.75 Å². The van der Waals surface area contributed by atoms with E-state index in [0.29, 0.717) is 17.1 Å². The second-order valence-electron chi connectivity index (χ2n) is 6.58. The average Bonchev–Trinajstić information content (AvgIpc) is 3.33. The number of oxime groups is 1. The third kappa shape index (κ3) is 5.70. The maximum absolute atomic E-state index is 13.0. The monoisotopic (exact) mass is 438 g/mol. The number of carboxylic acid groups (broad SMARTS) is 1. The van der Waals surface area contributed by atoms with E-state index in [1.54, 1.807) is 44.4 Å². The van der Waals surface area contributed by atoms with Gasteiger partial charge in [0, 0.05) is 0 Å². The summed E-state index contributed by atoms with van der Waals surface area (Å²) in [6, 6.07) is 17.4. The van der Waals surface area contributed by atoms with Crippen molar-refractivity contribution < 1.29 is 24.3 Å². The lowest BCUT2D eigenvalue weighted by Crippen LogP contribution is -2.34. The Kier molecular flexibility index (Phi) is 7.40. The van der Waals surface area contributed by atoms with Crippen molar-refractivity contribution in [2.24, 2.45) is 5.16 Å². The minimum atomic E-state index is -1.12. The number of aromatic carboxylic acids is 1. The number of para-hydroxylation sites is 1. The highest BCUT2D eigenvalue weighted by Crippen LogP contribution is 2.24. The molecule has 7 nitrogen and oxygen atoms in total. The third-order valence-electron chi connectivity index (χ3n) is 4.49. The Morgan fingerprint density at radius 2 is 1.81 bits per heavy atom. The topological polar surface area (TPSA) is 88.4 Å². The van der Waals surface area contributed by atoms with Crippen molar-refractivity contribution in [3.05, 3.63) is 82.0 Å². The van der Waals surface area contributed by atoms with Gasteiger partial charge in [-0.25, -0.2) is 4.79 Å². The minimum absolute atomic E-state index is 0.0302. The van der Waals surface area contributed by atoms with Crippen LogP contribution < -0.4 is 9.64 Å². The van der Waals surface area contributed by atoms with Gasteiger partial charge in [0.05, 0.1) is 35.5 Å². The van der Waals surface area contributed by atoms with E-state index in [2.05, 4.69) is 5.16 Å². The summed E-state index contributed by atoms with van der Waals surface area (Å²) >= 11 is 1.52. The van der Waals surface area contributed by atoms with Gasteiger partial charge in [0.25, 0.3) is 5.91 Å². The number of thiophene rings is 1. The first-order valence-corrected chi connectivity index (χ1v) is 10.3. The lowest BCUT2D eigenvalue weighted by molar-refractivity contribution is -0.123. The summed E-state index contributed by atoms with van der Waals surface area (Å²) in [5.74, 6) is -0.836. The number of carbonyl (C=O) groups is 2. The standard InChI is InChI=1S/C23H22N2O5S/c1-16(21-8-5-13-31-21)24-30-15-22(26)25(14-17-9-11-18(29-2)12-10-17)20-7-4-3-6-19(20)23(27)28/h3-13H,14-15H2,1-2H3,(H,27,28)/b24-16+. The van der Waals surface area contributed by atoms with Crippen LogP contribution in [0.4, 0.5) is 5.69 Å². The Bertz CT molecular complexity index is 1060. The Balaban J connectivity index is 1.83. The maximum atomic E-state index is 13.0. The first-order chi connectivity index (χ1) is 15.0. The lowest BCUT2D eigenvalue weighted by Gasteiger charge is -2.24. The minimum Gasteiger partial charge on any atom is -0.497 e. The van der Waals surface area contributed by atoms with E-state index in [-0.39, 0.29) is 18.7 Å². The number of nitrogens with zero attached hydrogens (tertiary/aromatic N) is 2. The second-order valence-corrected chi connectivity index (χ2v) is 7.53. The molecule has 1 N–H and O–H groups in total. The zero-order valence-electron chi connectivity index (χ0n) is 17.1. The Morgan fingerprint density at radius 3 is 2.45 bits per heavy atom. The van der Waals surface area contributed by atoms with Crippen LogP contribution in [0, 0.1) is 0 Å². The van der Waals surface area contributed by atoms with E-state index in [9.17, 15) is 14.7 Å². The summed E-state index contributed by atoms with van der Waals surface area (Å²) in [6.07, 6.45) is 0. The smallest absolute Gasteiger partial charge is 0.337 e. The third-order valence-corrected chi connectivity index (χ3v) is 5.47. The molecular formula is C23H22N2O5S. The first kappa shape index (κ1) is 22.0. The molecule has 31 heavy (non-hydrogen) atoms. The fourth-order valence-electron chi connectivity index (χ4n) is 2.90. The fourth-order valence-corrected chi connectivity index (χ4v) is 3.57. The van der Waals surface area contributed by atoms with Crippen LogP contribution in [0.3, 0.4) is 0 Å². The van der Waals surface area contributed by atoms with Crippen molar-refractivity contribution in [3.63, 3.8) is 0 Å². The van der Waals surface area contributed by atoms with E-state index >= 15 is 0 Å². The van der Waals surface area contributed by atoms with Gasteiger partial charge in [-0.15, -0.1) is 11.3 Å². The predicted octanol–water partition coefficient (Wildman–Crippen LogP) is 4.43. The highest BCUT2D eigenvalue weighted by atomic mass is 32.1. The average molecular weight is 439 g/mol. The fraction of sp³-hybridized carbons (Fsp3) is 0.174. The number of carboxylic acids is 1. The highest BCUT2D eigenvalue weighted by molar-refractivity contribution is 7.12. The molecule has 160 valence electrons. The van der Waals surface area contributed by atoms with Crippen molar-refractivity contribution in [2.45, 2.75) is 13.5 Å². The normalized spacial score (nSPS) is 11.1. The zero-order valence-corrected chi connectivity index (χ0v) is 18.0. The molecule has 0 spiro atoms. The number of rotatable bonds is 9. The van der Waals surface area contributed by atoms with Crippen LogP contribution in [0.25, 0.3) is 0 Å². The summed E-state index contributed by atoms with van der Waals surface area (Å²) < 4.78 is 5.17. The predicted molar refractivity (Wildman–Crippen MR) is 120 cm³/mol. The molecule has 8 heteroatoms. The van der Waals surface area contributed by atoms with Crippen LogP contribution in [0.2, 0.25) is 0 Å². The molecule has 3 aromatic rings. The van der Waals surface area contributed by atoms with Crippen molar-refractivity contribution in [1.29, 1.82) is 0 Å². The number of hydrogen-bond acceptors (Lipinski definition) is 6. The van der Waals surface area contributed by atoms with Gasteiger partial charge in [0.2, 0.25) is 0 Å². The summed E-state index contributed by atoms with van der Waals surface area (Å²) in [6.45, 7) is 1.64. The van der Waals surface area contributed by atoms with Gasteiger partial charge in [-0.05, 0) is 48.2 Å². The van der Waals surface area contributed by atoms with Crippen LogP contribution in [-0.4, -0.2) is 36.4 Å². The van der Waals surface area contributed by atoms with Gasteiger partial charge >= 0.3 is 5.97 Å². The molecule has 0 fully saturated rings. The quantitative estimate of drug-likeness (QED) is 0.394. The molecule has 2 aromatic carbocycles. The molecule has 3 rings (SSSR count). The van der Waals surface area contributed by atoms with Crippen LogP contribution in [0.5, 0.6) is 5.75 Å². The maximum Gasteiger partial charge on any atom is 0.337 e. The summed E-state index contributed by atoms with van der Waals surface area (Å²) in [5, 5.41) is 15.5. The molecule has 0 radical (unpaired) electrons. The van der Waals surface area contributed by atoms with E-state index in [1.807, 2.05) is 29.6 Å². The first-order valence-electron chi connectivity index (χ1n) is 9.45. The molecule has 0 aliphatic rings. The molecule has 0 unspecified atom stereocenters. The number of carbonyl (C=O) groups excluding carboxylic acids is 1. The van der Waals surface area contributed by atoms with E-state index < -0.39 is 11.9 Å². The summed E-state index contributed by atoms with van der Waals surface area (Å²) in [7, 11) is 1.57.